The molecule has 4 heteroatoms. The first kappa shape index (κ1) is 10.8. The highest BCUT2D eigenvalue weighted by Gasteiger charge is 2.11. The van der Waals surface area contributed by atoms with Crippen molar-refractivity contribution >= 4 is 0 Å². The number of imidazole rings is 1. The minimum Gasteiger partial charge on any atom is -0.331 e. The summed E-state index contributed by atoms with van der Waals surface area (Å²) in [5.41, 5.74) is 3.39. The molecule has 0 atom stereocenters. The number of aromatic nitrogens is 3. The summed E-state index contributed by atoms with van der Waals surface area (Å²) < 4.78 is 2.11. The highest BCUT2D eigenvalue weighted by molar-refractivity contribution is 5.55. The van der Waals surface area contributed by atoms with Crippen LogP contribution in [0.2, 0.25) is 0 Å². The number of pyridine rings is 1. The molecule has 4 nitrogen and oxygen atoms in total. The molecule has 0 unspecified atom stereocenters. The first-order valence-corrected chi connectivity index (χ1v) is 5.31. The molecule has 0 radical (unpaired) electrons. The van der Waals surface area contributed by atoms with Gasteiger partial charge in [-0.2, -0.15) is 0 Å². The van der Waals surface area contributed by atoms with E-state index >= 15 is 0 Å². The third kappa shape index (κ3) is 1.84. The van der Waals surface area contributed by atoms with Crippen molar-refractivity contribution in [2.24, 2.45) is 7.05 Å². The zero-order valence-electron chi connectivity index (χ0n) is 9.86. The highest BCUT2D eigenvalue weighted by Crippen LogP contribution is 2.20. The molecule has 0 aliphatic heterocycles. The summed E-state index contributed by atoms with van der Waals surface area (Å²) in [4.78, 5) is 8.66. The van der Waals surface area contributed by atoms with E-state index in [9.17, 15) is 0 Å². The van der Waals surface area contributed by atoms with E-state index in [0.717, 1.165) is 23.6 Å². The van der Waals surface area contributed by atoms with Crippen molar-refractivity contribution in [2.45, 2.75) is 13.5 Å². The molecular weight excluding hydrogens is 200 g/mol. The topological polar surface area (TPSA) is 42.7 Å². The fourth-order valence-corrected chi connectivity index (χ4v) is 1.73. The summed E-state index contributed by atoms with van der Waals surface area (Å²) in [5, 5.41) is 3.13. The summed E-state index contributed by atoms with van der Waals surface area (Å²) in [5.74, 6) is 0.991. The third-order valence-corrected chi connectivity index (χ3v) is 2.76. The zero-order valence-corrected chi connectivity index (χ0v) is 9.86. The maximum atomic E-state index is 4.64. The molecule has 0 aromatic carbocycles. The lowest BCUT2D eigenvalue weighted by Gasteiger charge is -2.02. The molecule has 0 fully saturated rings. The fraction of sp³-hybridized carbons (Fsp3) is 0.333. The van der Waals surface area contributed by atoms with Crippen LogP contribution in [0.25, 0.3) is 11.4 Å². The van der Waals surface area contributed by atoms with Crippen LogP contribution in [0, 0.1) is 6.92 Å². The first-order valence-electron chi connectivity index (χ1n) is 5.31. The summed E-state index contributed by atoms with van der Waals surface area (Å²) in [6, 6.07) is 3.95. The molecule has 0 spiro atoms. The van der Waals surface area contributed by atoms with Gasteiger partial charge in [0.05, 0.1) is 5.69 Å². The molecule has 1 N–H and O–H groups in total. The van der Waals surface area contributed by atoms with Crippen LogP contribution in [0.1, 0.15) is 11.4 Å². The number of nitrogens with zero attached hydrogens (tertiary/aromatic N) is 3. The third-order valence-electron chi connectivity index (χ3n) is 2.76. The largest absolute Gasteiger partial charge is 0.331 e. The van der Waals surface area contributed by atoms with Gasteiger partial charge in [0.2, 0.25) is 0 Å². The fourth-order valence-electron chi connectivity index (χ4n) is 1.73. The second-order valence-electron chi connectivity index (χ2n) is 3.79. The molecule has 2 rings (SSSR count). The molecule has 0 aliphatic carbocycles. The predicted octanol–water partition coefficient (Wildman–Crippen LogP) is 1.51. The Kier molecular flexibility index (Phi) is 3.01. The van der Waals surface area contributed by atoms with E-state index in [2.05, 4.69) is 26.8 Å². The average molecular weight is 216 g/mol. The van der Waals surface area contributed by atoms with Gasteiger partial charge in [0.25, 0.3) is 0 Å². The zero-order chi connectivity index (χ0) is 11.5. The van der Waals surface area contributed by atoms with Crippen molar-refractivity contribution in [2.75, 3.05) is 7.05 Å². The molecule has 0 bridgehead atoms. The first-order chi connectivity index (χ1) is 7.74. The number of rotatable bonds is 3. The Labute approximate surface area is 95.4 Å². The van der Waals surface area contributed by atoms with Gasteiger partial charge in [0.1, 0.15) is 5.82 Å². The average Bonchev–Trinajstić information content (AvgIpc) is 2.59. The quantitative estimate of drug-likeness (QED) is 0.845. The van der Waals surface area contributed by atoms with Gasteiger partial charge in [-0.15, -0.1) is 0 Å². The predicted molar refractivity (Wildman–Crippen MR) is 63.9 cm³/mol. The lowest BCUT2D eigenvalue weighted by molar-refractivity contribution is 0.783. The maximum Gasteiger partial charge on any atom is 0.140 e. The monoisotopic (exact) mass is 216 g/mol. The van der Waals surface area contributed by atoms with Crippen LogP contribution in [-0.4, -0.2) is 21.6 Å². The Balaban J connectivity index is 2.46. The lowest BCUT2D eigenvalue weighted by atomic mass is 10.2. The van der Waals surface area contributed by atoms with Gasteiger partial charge in [-0.3, -0.25) is 4.98 Å². The van der Waals surface area contributed by atoms with Crippen molar-refractivity contribution in [1.82, 2.24) is 19.9 Å². The second-order valence-corrected chi connectivity index (χ2v) is 3.79. The van der Waals surface area contributed by atoms with E-state index in [1.54, 1.807) is 12.4 Å². The SMILES string of the molecule is CNCc1nc(-c2ccncc2)n(C)c1C. The Morgan fingerprint density at radius 2 is 2.00 bits per heavy atom. The molecule has 2 aromatic rings. The molecule has 2 heterocycles. The summed E-state index contributed by atoms with van der Waals surface area (Å²) in [6.45, 7) is 2.88. The van der Waals surface area contributed by atoms with Gasteiger partial charge in [-0.25, -0.2) is 4.98 Å². The van der Waals surface area contributed by atoms with Gasteiger partial charge in [0.15, 0.2) is 0 Å². The van der Waals surface area contributed by atoms with E-state index in [4.69, 9.17) is 0 Å². The van der Waals surface area contributed by atoms with Crippen LogP contribution in [0.3, 0.4) is 0 Å². The van der Waals surface area contributed by atoms with E-state index < -0.39 is 0 Å². The summed E-state index contributed by atoms with van der Waals surface area (Å²) in [7, 11) is 3.97. The molecule has 16 heavy (non-hydrogen) atoms. The van der Waals surface area contributed by atoms with Gasteiger partial charge in [-0.05, 0) is 26.1 Å². The van der Waals surface area contributed by atoms with Gasteiger partial charge in [-0.1, -0.05) is 0 Å². The van der Waals surface area contributed by atoms with E-state index in [1.807, 2.05) is 26.2 Å². The summed E-state index contributed by atoms with van der Waals surface area (Å²) >= 11 is 0. The maximum absolute atomic E-state index is 4.64. The molecule has 0 saturated heterocycles. The normalized spacial score (nSPS) is 10.7. The Morgan fingerprint density at radius 3 is 2.62 bits per heavy atom. The van der Waals surface area contributed by atoms with Crippen molar-refractivity contribution in [3.05, 3.63) is 35.9 Å². The van der Waals surface area contributed by atoms with Crippen LogP contribution in [0.5, 0.6) is 0 Å². The van der Waals surface area contributed by atoms with Crippen LogP contribution in [-0.2, 0) is 13.6 Å². The number of hydrogen-bond acceptors (Lipinski definition) is 3. The van der Waals surface area contributed by atoms with Crippen LogP contribution in [0.4, 0.5) is 0 Å². The highest BCUT2D eigenvalue weighted by atomic mass is 15.1. The molecule has 0 saturated carbocycles. The summed E-state index contributed by atoms with van der Waals surface area (Å²) in [6.07, 6.45) is 3.58. The van der Waals surface area contributed by atoms with Crippen LogP contribution < -0.4 is 5.32 Å². The number of nitrogens with one attached hydrogen (secondary N) is 1. The van der Waals surface area contributed by atoms with Gasteiger partial charge in [0, 0.05) is 37.2 Å². The second kappa shape index (κ2) is 4.45. The van der Waals surface area contributed by atoms with E-state index in [1.165, 1.54) is 5.69 Å². The molecule has 0 amide bonds. The molecule has 84 valence electrons. The molecular formula is C12H16N4. The van der Waals surface area contributed by atoms with Crippen LogP contribution >= 0.6 is 0 Å². The standard InChI is InChI=1S/C12H16N4/c1-9-11(8-13-2)15-12(16(9)3)10-4-6-14-7-5-10/h4-7,13H,8H2,1-3H3. The van der Waals surface area contributed by atoms with Crippen LogP contribution in [0.15, 0.2) is 24.5 Å². The van der Waals surface area contributed by atoms with Crippen molar-refractivity contribution in [3.63, 3.8) is 0 Å². The van der Waals surface area contributed by atoms with Crippen molar-refractivity contribution in [3.8, 4) is 11.4 Å². The van der Waals surface area contributed by atoms with E-state index in [0.29, 0.717) is 0 Å². The molecule has 0 aliphatic rings. The van der Waals surface area contributed by atoms with Gasteiger partial charge < -0.3 is 9.88 Å². The van der Waals surface area contributed by atoms with E-state index in [-0.39, 0.29) is 0 Å². The molecule has 2 aromatic heterocycles. The Bertz CT molecular complexity index is 473. The minimum atomic E-state index is 0.796. The smallest absolute Gasteiger partial charge is 0.140 e. The van der Waals surface area contributed by atoms with Crippen molar-refractivity contribution < 1.29 is 0 Å². The lowest BCUT2D eigenvalue weighted by Crippen LogP contribution is -2.07. The Hall–Kier alpha value is -1.68. The van der Waals surface area contributed by atoms with Gasteiger partial charge >= 0.3 is 0 Å². The Morgan fingerprint density at radius 1 is 1.31 bits per heavy atom. The minimum absolute atomic E-state index is 0.796. The number of hydrogen-bond donors (Lipinski definition) is 1. The van der Waals surface area contributed by atoms with Crippen molar-refractivity contribution in [1.29, 1.82) is 0 Å².